The molecule has 0 aromatic heterocycles. The average Bonchev–Trinajstić information content (AvgIpc) is 2.42. The Morgan fingerprint density at radius 1 is 1.20 bits per heavy atom. The molecule has 0 N–H and O–H groups in total. The van der Waals surface area contributed by atoms with Gasteiger partial charge in [-0.15, -0.1) is 0 Å². The van der Waals surface area contributed by atoms with Gasteiger partial charge in [0.25, 0.3) is 0 Å². The van der Waals surface area contributed by atoms with Crippen LogP contribution < -0.4 is 4.90 Å². The highest BCUT2D eigenvalue weighted by molar-refractivity contribution is 7.89. The van der Waals surface area contributed by atoms with Crippen molar-refractivity contribution in [3.05, 3.63) is 28.8 Å². The SMILES string of the molecule is CCCS(=O)(=O)N1CCN(c2cc(Cl)ccc2C)CC1. The van der Waals surface area contributed by atoms with E-state index in [1.54, 1.807) is 4.31 Å². The van der Waals surface area contributed by atoms with Crippen LogP contribution in [0.2, 0.25) is 5.02 Å². The number of sulfonamides is 1. The summed E-state index contributed by atoms with van der Waals surface area (Å²) in [5, 5.41) is 0.714. The quantitative estimate of drug-likeness (QED) is 0.857. The largest absolute Gasteiger partial charge is 0.369 e. The Balaban J connectivity index is 2.06. The Labute approximate surface area is 126 Å². The second-order valence-electron chi connectivity index (χ2n) is 5.13. The molecule has 0 bridgehead atoms. The van der Waals surface area contributed by atoms with E-state index in [1.165, 1.54) is 5.56 Å². The average molecular weight is 317 g/mol. The molecular weight excluding hydrogens is 296 g/mol. The van der Waals surface area contributed by atoms with Crippen molar-refractivity contribution in [2.45, 2.75) is 20.3 Å². The van der Waals surface area contributed by atoms with Gasteiger partial charge in [0.15, 0.2) is 0 Å². The Hall–Kier alpha value is -0.780. The first kappa shape index (κ1) is 15.6. The predicted octanol–water partition coefficient (Wildman–Crippen LogP) is 2.51. The lowest BCUT2D eigenvalue weighted by atomic mass is 10.1. The molecule has 0 atom stereocenters. The Bertz CT molecular complexity index is 567. The fourth-order valence-electron chi connectivity index (χ4n) is 2.52. The van der Waals surface area contributed by atoms with Gasteiger partial charge in [0.2, 0.25) is 10.0 Å². The van der Waals surface area contributed by atoms with Crippen LogP contribution >= 0.6 is 11.6 Å². The van der Waals surface area contributed by atoms with E-state index in [-0.39, 0.29) is 5.75 Å². The van der Waals surface area contributed by atoms with Crippen molar-refractivity contribution in [1.29, 1.82) is 0 Å². The Morgan fingerprint density at radius 2 is 1.85 bits per heavy atom. The summed E-state index contributed by atoms with van der Waals surface area (Å²) in [6.07, 6.45) is 0.663. The summed E-state index contributed by atoms with van der Waals surface area (Å²) in [6, 6.07) is 5.83. The number of benzene rings is 1. The van der Waals surface area contributed by atoms with E-state index in [1.807, 2.05) is 32.0 Å². The van der Waals surface area contributed by atoms with Gasteiger partial charge in [-0.05, 0) is 31.0 Å². The minimum absolute atomic E-state index is 0.239. The van der Waals surface area contributed by atoms with Gasteiger partial charge < -0.3 is 4.90 Å². The molecule has 0 radical (unpaired) electrons. The summed E-state index contributed by atoms with van der Waals surface area (Å²) in [5.41, 5.74) is 2.27. The molecule has 0 amide bonds. The molecule has 1 aromatic rings. The van der Waals surface area contributed by atoms with Gasteiger partial charge in [0.05, 0.1) is 5.75 Å². The predicted molar refractivity (Wildman–Crippen MR) is 84.1 cm³/mol. The summed E-state index contributed by atoms with van der Waals surface area (Å²) in [4.78, 5) is 2.21. The Morgan fingerprint density at radius 3 is 2.45 bits per heavy atom. The second-order valence-corrected chi connectivity index (χ2v) is 7.66. The lowest BCUT2D eigenvalue weighted by Gasteiger charge is -2.36. The fraction of sp³-hybridized carbons (Fsp3) is 0.571. The van der Waals surface area contributed by atoms with Gasteiger partial charge in [-0.1, -0.05) is 24.6 Å². The first-order valence-electron chi connectivity index (χ1n) is 6.93. The van der Waals surface area contributed by atoms with Crippen LogP contribution in [0.15, 0.2) is 18.2 Å². The molecule has 1 fully saturated rings. The van der Waals surface area contributed by atoms with Gasteiger partial charge in [-0.2, -0.15) is 4.31 Å². The molecule has 0 unspecified atom stereocenters. The summed E-state index contributed by atoms with van der Waals surface area (Å²) in [7, 11) is -3.08. The van der Waals surface area contributed by atoms with E-state index in [0.29, 0.717) is 37.6 Å². The number of anilines is 1. The van der Waals surface area contributed by atoms with Crippen molar-refractivity contribution in [3.8, 4) is 0 Å². The Kier molecular flexibility index (Phi) is 4.94. The van der Waals surface area contributed by atoms with E-state index >= 15 is 0 Å². The number of halogens is 1. The molecule has 0 aliphatic carbocycles. The van der Waals surface area contributed by atoms with Crippen molar-refractivity contribution in [2.24, 2.45) is 0 Å². The van der Waals surface area contributed by atoms with Gasteiger partial charge in [-0.3, -0.25) is 0 Å². The molecule has 1 aliphatic rings. The molecule has 4 nitrogen and oxygen atoms in total. The van der Waals surface area contributed by atoms with Crippen LogP contribution in [-0.4, -0.2) is 44.7 Å². The van der Waals surface area contributed by atoms with E-state index in [2.05, 4.69) is 4.90 Å². The maximum atomic E-state index is 12.0. The van der Waals surface area contributed by atoms with Crippen LogP contribution in [-0.2, 0) is 10.0 Å². The zero-order valence-corrected chi connectivity index (χ0v) is 13.5. The third-order valence-corrected chi connectivity index (χ3v) is 5.92. The van der Waals surface area contributed by atoms with Crippen LogP contribution in [0.5, 0.6) is 0 Å². The highest BCUT2D eigenvalue weighted by Gasteiger charge is 2.26. The first-order chi connectivity index (χ1) is 9.44. The van der Waals surface area contributed by atoms with E-state index in [4.69, 9.17) is 11.6 Å². The van der Waals surface area contributed by atoms with E-state index in [9.17, 15) is 8.42 Å². The van der Waals surface area contributed by atoms with Crippen molar-refractivity contribution in [3.63, 3.8) is 0 Å². The smallest absolute Gasteiger partial charge is 0.214 e. The van der Waals surface area contributed by atoms with Gasteiger partial charge in [0.1, 0.15) is 0 Å². The van der Waals surface area contributed by atoms with E-state index < -0.39 is 10.0 Å². The summed E-state index contributed by atoms with van der Waals surface area (Å²) in [6.45, 7) is 6.46. The normalized spacial score (nSPS) is 17.4. The third-order valence-electron chi connectivity index (χ3n) is 3.61. The van der Waals surface area contributed by atoms with Crippen molar-refractivity contribution in [2.75, 3.05) is 36.8 Å². The van der Waals surface area contributed by atoms with E-state index in [0.717, 1.165) is 5.69 Å². The molecule has 1 aliphatic heterocycles. The fourth-order valence-corrected chi connectivity index (χ4v) is 4.18. The van der Waals surface area contributed by atoms with Crippen molar-refractivity contribution >= 4 is 27.3 Å². The number of hydrogen-bond acceptors (Lipinski definition) is 3. The molecule has 1 heterocycles. The topological polar surface area (TPSA) is 40.6 Å². The van der Waals surface area contributed by atoms with Crippen LogP contribution in [0.25, 0.3) is 0 Å². The van der Waals surface area contributed by atoms with Crippen LogP contribution in [0.3, 0.4) is 0 Å². The van der Waals surface area contributed by atoms with Crippen LogP contribution in [0.4, 0.5) is 5.69 Å². The highest BCUT2D eigenvalue weighted by Crippen LogP contribution is 2.25. The number of hydrogen-bond donors (Lipinski definition) is 0. The molecule has 0 saturated carbocycles. The molecule has 0 spiro atoms. The maximum Gasteiger partial charge on any atom is 0.214 e. The second kappa shape index (κ2) is 6.33. The molecule has 20 heavy (non-hydrogen) atoms. The van der Waals surface area contributed by atoms with Crippen LogP contribution in [0, 0.1) is 6.92 Å². The van der Waals surface area contributed by atoms with Gasteiger partial charge in [-0.25, -0.2) is 8.42 Å². The molecule has 1 aromatic carbocycles. The standard InChI is InChI=1S/C14H21ClN2O2S/c1-3-10-20(18,19)17-8-6-16(7-9-17)14-11-13(15)5-4-12(14)2/h4-5,11H,3,6-10H2,1-2H3. The lowest BCUT2D eigenvalue weighted by molar-refractivity contribution is 0.384. The maximum absolute atomic E-state index is 12.0. The van der Waals surface area contributed by atoms with Crippen molar-refractivity contribution in [1.82, 2.24) is 4.31 Å². The van der Waals surface area contributed by atoms with Crippen LogP contribution in [0.1, 0.15) is 18.9 Å². The molecule has 1 saturated heterocycles. The molecule has 2 rings (SSSR count). The zero-order chi connectivity index (χ0) is 14.8. The number of aryl methyl sites for hydroxylation is 1. The summed E-state index contributed by atoms with van der Waals surface area (Å²) in [5.74, 6) is 0.239. The summed E-state index contributed by atoms with van der Waals surface area (Å²) < 4.78 is 25.7. The zero-order valence-electron chi connectivity index (χ0n) is 12.0. The minimum atomic E-state index is -3.08. The van der Waals surface area contributed by atoms with Crippen molar-refractivity contribution < 1.29 is 8.42 Å². The lowest BCUT2D eigenvalue weighted by Crippen LogP contribution is -2.49. The monoisotopic (exact) mass is 316 g/mol. The molecule has 6 heteroatoms. The summed E-state index contributed by atoms with van der Waals surface area (Å²) >= 11 is 6.05. The number of rotatable bonds is 4. The molecule has 112 valence electrons. The minimum Gasteiger partial charge on any atom is -0.369 e. The third kappa shape index (κ3) is 3.45. The highest BCUT2D eigenvalue weighted by atomic mass is 35.5. The number of piperazine rings is 1. The number of nitrogens with zero attached hydrogens (tertiary/aromatic N) is 2. The first-order valence-corrected chi connectivity index (χ1v) is 8.91. The van der Waals surface area contributed by atoms with Gasteiger partial charge >= 0.3 is 0 Å². The van der Waals surface area contributed by atoms with Gasteiger partial charge in [0, 0.05) is 36.9 Å². The molecular formula is C14H21ClN2O2S.